The number of pyridine rings is 1. The summed E-state index contributed by atoms with van der Waals surface area (Å²) in [6, 6.07) is 1.84. The van der Waals surface area contributed by atoms with E-state index >= 15 is 0 Å². The lowest BCUT2D eigenvalue weighted by atomic mass is 10.2. The SMILES string of the molecule is C[C@H](O)CNC(=O)c1ncc(S(=O)(=O)c2ccc(C(F)(F)F)cc2F)cc1N. The molecule has 1 aromatic carbocycles. The number of amides is 1. The average Bonchev–Trinajstić information content (AvgIpc) is 2.58. The number of rotatable bonds is 5. The van der Waals surface area contributed by atoms with E-state index in [1.54, 1.807) is 0 Å². The van der Waals surface area contributed by atoms with Gasteiger partial charge in [-0.15, -0.1) is 0 Å². The highest BCUT2D eigenvalue weighted by Crippen LogP contribution is 2.32. The molecule has 4 N–H and O–H groups in total. The van der Waals surface area contributed by atoms with E-state index in [9.17, 15) is 30.8 Å². The molecule has 1 amide bonds. The minimum atomic E-state index is -4.84. The van der Waals surface area contributed by atoms with Gasteiger partial charge in [-0.25, -0.2) is 17.8 Å². The fourth-order valence-corrected chi connectivity index (χ4v) is 3.43. The zero-order valence-electron chi connectivity index (χ0n) is 14.3. The van der Waals surface area contributed by atoms with Crippen molar-refractivity contribution in [3.8, 4) is 0 Å². The van der Waals surface area contributed by atoms with Crippen LogP contribution in [-0.4, -0.2) is 37.1 Å². The van der Waals surface area contributed by atoms with Gasteiger partial charge in [0.15, 0.2) is 5.69 Å². The molecule has 12 heteroatoms. The molecule has 1 aromatic heterocycles. The summed E-state index contributed by atoms with van der Waals surface area (Å²) < 4.78 is 76.9. The van der Waals surface area contributed by atoms with E-state index in [4.69, 9.17) is 10.8 Å². The van der Waals surface area contributed by atoms with Crippen LogP contribution in [0.25, 0.3) is 0 Å². The second-order valence-electron chi connectivity index (χ2n) is 5.81. The zero-order chi connectivity index (χ0) is 21.3. The van der Waals surface area contributed by atoms with Crippen LogP contribution in [0.15, 0.2) is 40.3 Å². The van der Waals surface area contributed by atoms with Crippen molar-refractivity contribution in [1.29, 1.82) is 0 Å². The largest absolute Gasteiger partial charge is 0.416 e. The highest BCUT2D eigenvalue weighted by Gasteiger charge is 2.33. The highest BCUT2D eigenvalue weighted by atomic mass is 32.2. The van der Waals surface area contributed by atoms with Crippen LogP contribution in [0, 0.1) is 5.82 Å². The minimum absolute atomic E-state index is 0.0710. The molecule has 2 rings (SSSR count). The lowest BCUT2D eigenvalue weighted by Crippen LogP contribution is -2.31. The van der Waals surface area contributed by atoms with Crippen molar-refractivity contribution in [2.24, 2.45) is 0 Å². The molecule has 0 fully saturated rings. The summed E-state index contributed by atoms with van der Waals surface area (Å²) in [6.07, 6.45) is -4.94. The molecular weight excluding hydrogens is 406 g/mol. The van der Waals surface area contributed by atoms with Gasteiger partial charge in [-0.2, -0.15) is 13.2 Å². The van der Waals surface area contributed by atoms with Crippen LogP contribution >= 0.6 is 0 Å². The van der Waals surface area contributed by atoms with E-state index in [1.165, 1.54) is 6.92 Å². The number of anilines is 1. The maximum Gasteiger partial charge on any atom is 0.416 e. The van der Waals surface area contributed by atoms with E-state index in [-0.39, 0.29) is 24.0 Å². The van der Waals surface area contributed by atoms with Crippen molar-refractivity contribution in [1.82, 2.24) is 10.3 Å². The summed E-state index contributed by atoms with van der Waals surface area (Å²) in [7, 11) is -4.58. The number of alkyl halides is 3. The predicted molar refractivity (Wildman–Crippen MR) is 89.5 cm³/mol. The first-order valence-corrected chi connectivity index (χ1v) is 9.16. The van der Waals surface area contributed by atoms with E-state index in [0.29, 0.717) is 12.1 Å². The smallest absolute Gasteiger partial charge is 0.397 e. The number of aliphatic hydroxyl groups is 1. The topological polar surface area (TPSA) is 122 Å². The molecule has 2 aromatic rings. The Morgan fingerprint density at radius 2 is 1.96 bits per heavy atom. The molecule has 28 heavy (non-hydrogen) atoms. The zero-order valence-corrected chi connectivity index (χ0v) is 15.1. The average molecular weight is 421 g/mol. The van der Waals surface area contributed by atoms with Gasteiger partial charge in [0.05, 0.1) is 22.3 Å². The Hall–Kier alpha value is -2.73. The first-order valence-electron chi connectivity index (χ1n) is 7.67. The number of nitrogens with two attached hydrogens (primary N) is 1. The normalized spacial score (nSPS) is 13.2. The number of carbonyl (C=O) groups excluding carboxylic acids is 1. The Balaban J connectivity index is 2.39. The van der Waals surface area contributed by atoms with Crippen LogP contribution in [0.3, 0.4) is 0 Å². The minimum Gasteiger partial charge on any atom is -0.397 e. The van der Waals surface area contributed by atoms with Crippen LogP contribution in [0.4, 0.5) is 23.2 Å². The maximum absolute atomic E-state index is 14.0. The molecule has 0 bridgehead atoms. The molecule has 152 valence electrons. The van der Waals surface area contributed by atoms with Crippen molar-refractivity contribution in [2.75, 3.05) is 12.3 Å². The van der Waals surface area contributed by atoms with Crippen LogP contribution in [-0.2, 0) is 16.0 Å². The van der Waals surface area contributed by atoms with Gasteiger partial charge < -0.3 is 16.2 Å². The van der Waals surface area contributed by atoms with Gasteiger partial charge in [0, 0.05) is 12.7 Å². The molecule has 1 heterocycles. The molecule has 0 aliphatic carbocycles. The third kappa shape index (κ3) is 4.57. The second kappa shape index (κ2) is 7.72. The number of hydrogen-bond donors (Lipinski definition) is 3. The lowest BCUT2D eigenvalue weighted by Gasteiger charge is -2.12. The van der Waals surface area contributed by atoms with Crippen molar-refractivity contribution in [3.63, 3.8) is 0 Å². The number of hydrogen-bond acceptors (Lipinski definition) is 6. The highest BCUT2D eigenvalue weighted by molar-refractivity contribution is 7.91. The monoisotopic (exact) mass is 421 g/mol. The number of benzene rings is 1. The molecule has 0 unspecified atom stereocenters. The number of halogens is 4. The maximum atomic E-state index is 14.0. The number of aromatic nitrogens is 1. The van der Waals surface area contributed by atoms with Crippen LogP contribution in [0.1, 0.15) is 23.0 Å². The van der Waals surface area contributed by atoms with Crippen LogP contribution < -0.4 is 11.1 Å². The first kappa shape index (κ1) is 21.6. The number of aliphatic hydroxyl groups excluding tert-OH is 1. The summed E-state index contributed by atoms with van der Waals surface area (Å²) >= 11 is 0. The number of nitrogen functional groups attached to an aromatic ring is 1. The molecule has 0 spiro atoms. The van der Waals surface area contributed by atoms with Crippen molar-refractivity contribution < 1.29 is 35.9 Å². The fourth-order valence-electron chi connectivity index (χ4n) is 2.14. The fraction of sp³-hybridized carbons (Fsp3) is 0.250. The molecule has 0 radical (unpaired) electrons. The van der Waals surface area contributed by atoms with E-state index in [2.05, 4.69) is 10.3 Å². The van der Waals surface area contributed by atoms with Gasteiger partial charge in [0.25, 0.3) is 5.91 Å². The van der Waals surface area contributed by atoms with Crippen molar-refractivity contribution in [2.45, 2.75) is 29.0 Å². The van der Waals surface area contributed by atoms with Gasteiger partial charge >= 0.3 is 6.18 Å². The molecule has 1 atom stereocenters. The number of sulfone groups is 1. The lowest BCUT2D eigenvalue weighted by molar-refractivity contribution is -0.137. The molecular formula is C16H15F4N3O4S. The summed E-state index contributed by atoms with van der Waals surface area (Å²) in [4.78, 5) is 13.9. The number of nitrogens with zero attached hydrogens (tertiary/aromatic N) is 1. The Morgan fingerprint density at radius 3 is 2.46 bits per heavy atom. The van der Waals surface area contributed by atoms with Crippen LogP contribution in [0.5, 0.6) is 0 Å². The molecule has 0 saturated carbocycles. The van der Waals surface area contributed by atoms with Gasteiger partial charge in [0.1, 0.15) is 10.7 Å². The molecule has 0 saturated heterocycles. The Kier molecular flexibility index (Phi) is 5.94. The van der Waals surface area contributed by atoms with Gasteiger partial charge in [0.2, 0.25) is 9.84 Å². The summed E-state index contributed by atoms with van der Waals surface area (Å²) in [5, 5.41) is 11.4. The Morgan fingerprint density at radius 1 is 1.32 bits per heavy atom. The molecule has 7 nitrogen and oxygen atoms in total. The first-order chi connectivity index (χ1) is 12.8. The summed E-state index contributed by atoms with van der Waals surface area (Å²) in [5.41, 5.74) is 3.61. The van der Waals surface area contributed by atoms with Gasteiger partial charge in [-0.1, -0.05) is 0 Å². The molecule has 0 aliphatic heterocycles. The number of carbonyl (C=O) groups is 1. The summed E-state index contributed by atoms with van der Waals surface area (Å²) in [5.74, 6) is -2.37. The standard InChI is InChI=1S/C16H15F4N3O4S/c1-8(24)6-23-15(25)14-12(21)5-10(7-22-14)28(26,27)13-3-2-9(4-11(13)17)16(18,19)20/h2-5,7-8,24H,6,21H2,1H3,(H,23,25)/t8-/m0/s1. The third-order valence-corrected chi connectivity index (χ3v) is 5.28. The third-order valence-electron chi connectivity index (χ3n) is 3.52. The van der Waals surface area contributed by atoms with E-state index in [0.717, 1.165) is 12.3 Å². The van der Waals surface area contributed by atoms with Gasteiger partial charge in [-0.3, -0.25) is 4.79 Å². The van der Waals surface area contributed by atoms with Crippen molar-refractivity contribution >= 4 is 21.4 Å². The molecule has 0 aliphatic rings. The van der Waals surface area contributed by atoms with E-state index in [1.807, 2.05) is 0 Å². The van der Waals surface area contributed by atoms with Gasteiger partial charge in [-0.05, 0) is 31.2 Å². The predicted octanol–water partition coefficient (Wildman–Crippen LogP) is 1.77. The van der Waals surface area contributed by atoms with Crippen molar-refractivity contribution in [3.05, 3.63) is 47.5 Å². The Bertz CT molecular complexity index is 1010. The quantitative estimate of drug-likeness (QED) is 0.633. The Labute approximate surface area is 157 Å². The summed E-state index contributed by atoms with van der Waals surface area (Å²) in [6.45, 7) is 1.32. The second-order valence-corrected chi connectivity index (χ2v) is 7.73. The number of nitrogens with one attached hydrogen (secondary N) is 1. The van der Waals surface area contributed by atoms with E-state index < -0.39 is 49.2 Å². The van der Waals surface area contributed by atoms with Crippen LogP contribution in [0.2, 0.25) is 0 Å².